The highest BCUT2D eigenvalue weighted by Gasteiger charge is 2.31. The highest BCUT2D eigenvalue weighted by Crippen LogP contribution is 2.32. The summed E-state index contributed by atoms with van der Waals surface area (Å²) < 4.78 is 5.48. The number of hydrogen-bond donors (Lipinski definition) is 2. The summed E-state index contributed by atoms with van der Waals surface area (Å²) in [6.07, 6.45) is 0.876. The molecule has 2 N–H and O–H groups in total. The molecule has 0 spiro atoms. The van der Waals surface area contributed by atoms with Gasteiger partial charge in [-0.25, -0.2) is 10.9 Å². The number of aryl methyl sites for hydroxylation is 2. The molecule has 1 aliphatic heterocycles. The monoisotopic (exact) mass is 320 g/mol. The van der Waals surface area contributed by atoms with Crippen LogP contribution in [0.1, 0.15) is 41.1 Å². The van der Waals surface area contributed by atoms with Crippen molar-refractivity contribution in [3.63, 3.8) is 0 Å². The van der Waals surface area contributed by atoms with E-state index in [-0.39, 0.29) is 12.1 Å². The van der Waals surface area contributed by atoms with Gasteiger partial charge in [0.1, 0.15) is 6.04 Å². The SMILES string of the molecule is Cc1ccc(C)c(C2CC(c3nc(-c4ccccc4)no3)NN2)c1. The molecule has 0 aliphatic carbocycles. The minimum atomic E-state index is 0.0138. The summed E-state index contributed by atoms with van der Waals surface area (Å²) in [6, 6.07) is 16.7. The number of hydrogen-bond acceptors (Lipinski definition) is 5. The number of nitrogens with zero attached hydrogens (tertiary/aromatic N) is 2. The van der Waals surface area contributed by atoms with Crippen LogP contribution in [0.25, 0.3) is 11.4 Å². The van der Waals surface area contributed by atoms with Crippen LogP contribution in [0.15, 0.2) is 53.1 Å². The van der Waals surface area contributed by atoms with Crippen molar-refractivity contribution in [1.82, 2.24) is 21.0 Å². The smallest absolute Gasteiger partial charge is 0.245 e. The summed E-state index contributed by atoms with van der Waals surface area (Å²) in [7, 11) is 0. The van der Waals surface area contributed by atoms with Gasteiger partial charge in [-0.05, 0) is 31.4 Å². The molecule has 0 amide bonds. The first kappa shape index (κ1) is 15.1. The lowest BCUT2D eigenvalue weighted by Gasteiger charge is -2.13. The van der Waals surface area contributed by atoms with Crippen molar-refractivity contribution in [3.8, 4) is 11.4 Å². The molecule has 0 bridgehead atoms. The molecule has 2 unspecified atom stereocenters. The normalized spacial score (nSPS) is 20.4. The minimum Gasteiger partial charge on any atom is -0.337 e. The van der Waals surface area contributed by atoms with Gasteiger partial charge < -0.3 is 4.52 Å². The molecule has 5 heteroatoms. The molecule has 0 saturated carbocycles. The standard InChI is InChI=1S/C19H20N4O/c1-12-8-9-13(2)15(10-12)16-11-17(22-21-16)19-20-18(23-24-19)14-6-4-3-5-7-14/h3-10,16-17,21-22H,11H2,1-2H3. The number of aromatic nitrogens is 2. The Balaban J connectivity index is 1.53. The van der Waals surface area contributed by atoms with Crippen molar-refractivity contribution < 1.29 is 4.52 Å². The Hall–Kier alpha value is -2.50. The van der Waals surface area contributed by atoms with E-state index in [1.807, 2.05) is 30.3 Å². The zero-order valence-corrected chi connectivity index (χ0v) is 13.8. The summed E-state index contributed by atoms with van der Waals surface area (Å²) >= 11 is 0. The van der Waals surface area contributed by atoms with Crippen LogP contribution >= 0.6 is 0 Å². The Morgan fingerprint density at radius 1 is 1.00 bits per heavy atom. The quantitative estimate of drug-likeness (QED) is 0.771. The summed E-state index contributed by atoms with van der Waals surface area (Å²) in [4.78, 5) is 4.55. The third-order valence-electron chi connectivity index (χ3n) is 4.49. The number of hydrazine groups is 1. The molecule has 1 fully saturated rings. The Kier molecular flexibility index (Phi) is 3.88. The molecule has 1 aliphatic rings. The van der Waals surface area contributed by atoms with Gasteiger partial charge in [-0.3, -0.25) is 0 Å². The van der Waals surface area contributed by atoms with Gasteiger partial charge in [0.25, 0.3) is 0 Å². The molecule has 3 aromatic rings. The minimum absolute atomic E-state index is 0.0138. The topological polar surface area (TPSA) is 63.0 Å². The summed E-state index contributed by atoms with van der Waals surface area (Å²) in [5.41, 5.74) is 11.5. The molecule has 2 aromatic carbocycles. The van der Waals surface area contributed by atoms with E-state index in [0.29, 0.717) is 11.7 Å². The molecule has 1 aromatic heterocycles. The van der Waals surface area contributed by atoms with Crippen LogP contribution < -0.4 is 10.9 Å². The van der Waals surface area contributed by atoms with E-state index in [9.17, 15) is 0 Å². The Bertz CT molecular complexity index is 844. The molecular weight excluding hydrogens is 300 g/mol. The summed E-state index contributed by atoms with van der Waals surface area (Å²) in [6.45, 7) is 4.26. The third kappa shape index (κ3) is 2.84. The maximum Gasteiger partial charge on any atom is 0.245 e. The van der Waals surface area contributed by atoms with Gasteiger partial charge >= 0.3 is 0 Å². The van der Waals surface area contributed by atoms with Crippen LogP contribution in [0.5, 0.6) is 0 Å². The molecule has 1 saturated heterocycles. The fourth-order valence-corrected chi connectivity index (χ4v) is 3.14. The second kappa shape index (κ2) is 6.19. The predicted molar refractivity (Wildman–Crippen MR) is 92.0 cm³/mol. The average molecular weight is 320 g/mol. The van der Waals surface area contributed by atoms with Gasteiger partial charge in [-0.1, -0.05) is 59.3 Å². The van der Waals surface area contributed by atoms with Crippen molar-refractivity contribution in [2.24, 2.45) is 0 Å². The second-order valence-electron chi connectivity index (χ2n) is 6.31. The molecule has 2 atom stereocenters. The van der Waals surface area contributed by atoms with Crippen LogP contribution in [-0.2, 0) is 0 Å². The largest absolute Gasteiger partial charge is 0.337 e. The number of nitrogens with one attached hydrogen (secondary N) is 2. The van der Waals surface area contributed by atoms with Crippen molar-refractivity contribution in [2.45, 2.75) is 32.4 Å². The van der Waals surface area contributed by atoms with Gasteiger partial charge in [-0.2, -0.15) is 4.98 Å². The first-order chi connectivity index (χ1) is 11.7. The van der Waals surface area contributed by atoms with Crippen molar-refractivity contribution in [3.05, 3.63) is 71.1 Å². The summed E-state index contributed by atoms with van der Waals surface area (Å²) in [5, 5.41) is 4.11. The Labute approximate surface area is 141 Å². The number of rotatable bonds is 3. The van der Waals surface area contributed by atoms with E-state index in [2.05, 4.69) is 53.0 Å². The molecule has 24 heavy (non-hydrogen) atoms. The lowest BCUT2D eigenvalue weighted by Crippen LogP contribution is -2.27. The van der Waals surface area contributed by atoms with Crippen molar-refractivity contribution >= 4 is 0 Å². The van der Waals surface area contributed by atoms with E-state index < -0.39 is 0 Å². The van der Waals surface area contributed by atoms with Crippen molar-refractivity contribution in [1.29, 1.82) is 0 Å². The van der Waals surface area contributed by atoms with E-state index in [4.69, 9.17) is 4.52 Å². The van der Waals surface area contributed by atoms with E-state index in [1.54, 1.807) is 0 Å². The van der Waals surface area contributed by atoms with Crippen molar-refractivity contribution in [2.75, 3.05) is 0 Å². The van der Waals surface area contributed by atoms with Gasteiger partial charge in [0.05, 0.1) is 0 Å². The third-order valence-corrected chi connectivity index (χ3v) is 4.49. The highest BCUT2D eigenvalue weighted by molar-refractivity contribution is 5.53. The maximum atomic E-state index is 5.48. The first-order valence-corrected chi connectivity index (χ1v) is 8.18. The number of benzene rings is 2. The second-order valence-corrected chi connectivity index (χ2v) is 6.31. The van der Waals surface area contributed by atoms with Crippen LogP contribution in [0.2, 0.25) is 0 Å². The molecule has 4 rings (SSSR count). The van der Waals surface area contributed by atoms with Crippen LogP contribution in [0.4, 0.5) is 0 Å². The van der Waals surface area contributed by atoms with Gasteiger partial charge in [0.15, 0.2) is 0 Å². The zero-order valence-electron chi connectivity index (χ0n) is 13.8. The van der Waals surface area contributed by atoms with Crippen LogP contribution in [-0.4, -0.2) is 10.1 Å². The van der Waals surface area contributed by atoms with Gasteiger partial charge in [0.2, 0.25) is 11.7 Å². The maximum absolute atomic E-state index is 5.48. The fourth-order valence-electron chi connectivity index (χ4n) is 3.14. The van der Waals surface area contributed by atoms with E-state index in [1.165, 1.54) is 16.7 Å². The van der Waals surface area contributed by atoms with Crippen LogP contribution in [0, 0.1) is 13.8 Å². The fraction of sp³-hybridized carbons (Fsp3) is 0.263. The Morgan fingerprint density at radius 3 is 2.62 bits per heavy atom. The van der Waals surface area contributed by atoms with Crippen LogP contribution in [0.3, 0.4) is 0 Å². The molecule has 122 valence electrons. The molecular formula is C19H20N4O. The molecule has 2 heterocycles. The summed E-state index contributed by atoms with van der Waals surface area (Å²) in [5.74, 6) is 1.25. The highest BCUT2D eigenvalue weighted by atomic mass is 16.5. The first-order valence-electron chi connectivity index (χ1n) is 8.18. The van der Waals surface area contributed by atoms with Gasteiger partial charge in [0, 0.05) is 11.6 Å². The molecule has 5 nitrogen and oxygen atoms in total. The zero-order chi connectivity index (χ0) is 16.5. The average Bonchev–Trinajstić information content (AvgIpc) is 3.27. The lowest BCUT2D eigenvalue weighted by atomic mass is 9.96. The van der Waals surface area contributed by atoms with E-state index >= 15 is 0 Å². The molecule has 0 radical (unpaired) electrons. The lowest BCUT2D eigenvalue weighted by molar-refractivity contribution is 0.340. The Morgan fingerprint density at radius 2 is 1.79 bits per heavy atom. The van der Waals surface area contributed by atoms with E-state index in [0.717, 1.165) is 12.0 Å². The predicted octanol–water partition coefficient (Wildman–Crippen LogP) is 3.63. The van der Waals surface area contributed by atoms with Gasteiger partial charge in [-0.15, -0.1) is 0 Å².